The van der Waals surface area contributed by atoms with Gasteiger partial charge in [-0.25, -0.2) is 13.1 Å². The maximum absolute atomic E-state index is 11.6. The number of aromatic hydroxyl groups is 2. The van der Waals surface area contributed by atoms with Crippen LogP contribution in [0.1, 0.15) is 6.92 Å². The van der Waals surface area contributed by atoms with E-state index in [2.05, 4.69) is 4.72 Å². The first-order valence-electron chi connectivity index (χ1n) is 6.60. The highest BCUT2D eigenvalue weighted by Gasteiger charge is 2.24. The van der Waals surface area contributed by atoms with Crippen LogP contribution in [0.2, 0.25) is 0 Å². The Balaban J connectivity index is 2.49. The minimum atomic E-state index is -3.66. The lowest BCUT2D eigenvalue weighted by atomic mass is 10.1. The van der Waals surface area contributed by atoms with E-state index in [1.54, 1.807) is 12.1 Å². The van der Waals surface area contributed by atoms with Gasteiger partial charge in [0.25, 0.3) is 5.88 Å². The van der Waals surface area contributed by atoms with E-state index in [4.69, 9.17) is 13.9 Å². The van der Waals surface area contributed by atoms with Crippen LogP contribution < -0.4 is 14.2 Å². The average Bonchev–Trinajstić information content (AvgIpc) is 2.82. The standard InChI is InChI=1S/C14H17NO7S/c1-4-23(18,19)15-14-12(17)11(16)13(22-14)8-5-6-9(20-2)10(7-8)21-3/h5-7,15-17H,4H2,1-3H3. The van der Waals surface area contributed by atoms with Gasteiger partial charge in [0.15, 0.2) is 17.3 Å². The molecular weight excluding hydrogens is 326 g/mol. The Bertz CT molecular complexity index is 811. The molecule has 3 N–H and O–H groups in total. The van der Waals surface area contributed by atoms with Gasteiger partial charge in [0.05, 0.1) is 20.0 Å². The van der Waals surface area contributed by atoms with E-state index in [0.717, 1.165) is 0 Å². The van der Waals surface area contributed by atoms with Gasteiger partial charge in [-0.15, -0.1) is 0 Å². The van der Waals surface area contributed by atoms with Crippen LogP contribution in [0.15, 0.2) is 22.6 Å². The number of methoxy groups -OCH3 is 2. The van der Waals surface area contributed by atoms with E-state index >= 15 is 0 Å². The Hall–Kier alpha value is -2.55. The van der Waals surface area contributed by atoms with Crippen LogP contribution in [-0.4, -0.2) is 38.6 Å². The third kappa shape index (κ3) is 3.29. The lowest BCUT2D eigenvalue weighted by Crippen LogP contribution is -2.14. The summed E-state index contributed by atoms with van der Waals surface area (Å²) in [4.78, 5) is 0. The zero-order valence-electron chi connectivity index (χ0n) is 12.8. The summed E-state index contributed by atoms with van der Waals surface area (Å²) in [5.41, 5.74) is 0.373. The number of ether oxygens (including phenoxy) is 2. The van der Waals surface area contributed by atoms with Crippen molar-refractivity contribution in [2.45, 2.75) is 6.92 Å². The fourth-order valence-corrected chi connectivity index (χ4v) is 2.43. The molecule has 0 aliphatic carbocycles. The smallest absolute Gasteiger partial charge is 0.253 e. The quantitative estimate of drug-likeness (QED) is 0.735. The Kier molecular flexibility index (Phi) is 4.60. The SMILES string of the molecule is CCS(=O)(=O)Nc1oc(-c2ccc(OC)c(OC)c2)c(O)c1O. The van der Waals surface area contributed by atoms with Gasteiger partial charge in [0.1, 0.15) is 0 Å². The topological polar surface area (TPSA) is 118 Å². The van der Waals surface area contributed by atoms with E-state index in [0.29, 0.717) is 17.1 Å². The number of hydrogen-bond acceptors (Lipinski definition) is 7. The van der Waals surface area contributed by atoms with E-state index in [-0.39, 0.29) is 11.5 Å². The van der Waals surface area contributed by atoms with Crippen molar-refractivity contribution in [3.63, 3.8) is 0 Å². The Morgan fingerprint density at radius 2 is 1.78 bits per heavy atom. The molecule has 0 aliphatic heterocycles. The van der Waals surface area contributed by atoms with Crippen LogP contribution >= 0.6 is 0 Å². The second-order valence-corrected chi connectivity index (χ2v) is 6.54. The highest BCUT2D eigenvalue weighted by molar-refractivity contribution is 7.92. The summed E-state index contributed by atoms with van der Waals surface area (Å²) in [7, 11) is -0.740. The molecule has 1 aromatic carbocycles. The van der Waals surface area contributed by atoms with Gasteiger partial charge in [-0.1, -0.05) is 0 Å². The molecule has 0 spiro atoms. The van der Waals surface area contributed by atoms with Crippen LogP contribution in [0, 0.1) is 0 Å². The minimum absolute atomic E-state index is 0.0998. The van der Waals surface area contributed by atoms with Gasteiger partial charge in [0.2, 0.25) is 21.5 Å². The molecule has 2 aromatic rings. The summed E-state index contributed by atoms with van der Waals surface area (Å²) < 4.78 is 40.7. The highest BCUT2D eigenvalue weighted by atomic mass is 32.2. The summed E-state index contributed by atoms with van der Waals surface area (Å²) in [5, 5.41) is 19.8. The molecule has 1 heterocycles. The van der Waals surface area contributed by atoms with Crippen molar-refractivity contribution in [2.24, 2.45) is 0 Å². The third-order valence-electron chi connectivity index (χ3n) is 3.13. The fraction of sp³-hybridized carbons (Fsp3) is 0.286. The minimum Gasteiger partial charge on any atom is -0.502 e. The number of sulfonamides is 1. The van der Waals surface area contributed by atoms with Gasteiger partial charge in [0, 0.05) is 5.56 Å². The van der Waals surface area contributed by atoms with Crippen molar-refractivity contribution in [1.82, 2.24) is 0 Å². The third-order valence-corrected chi connectivity index (χ3v) is 4.39. The summed E-state index contributed by atoms with van der Waals surface area (Å²) in [6, 6.07) is 4.68. The van der Waals surface area contributed by atoms with Crippen molar-refractivity contribution in [3.05, 3.63) is 18.2 Å². The van der Waals surface area contributed by atoms with Crippen LogP contribution in [0.25, 0.3) is 11.3 Å². The van der Waals surface area contributed by atoms with Crippen molar-refractivity contribution in [3.8, 4) is 34.3 Å². The molecule has 0 radical (unpaired) electrons. The molecule has 9 heteroatoms. The molecule has 2 rings (SSSR count). The first-order valence-corrected chi connectivity index (χ1v) is 8.25. The lowest BCUT2D eigenvalue weighted by molar-refractivity contribution is 0.355. The summed E-state index contributed by atoms with van der Waals surface area (Å²) in [6.07, 6.45) is 0. The molecule has 0 amide bonds. The summed E-state index contributed by atoms with van der Waals surface area (Å²) in [6.45, 7) is 1.43. The lowest BCUT2D eigenvalue weighted by Gasteiger charge is -2.08. The van der Waals surface area contributed by atoms with Crippen LogP contribution in [0.5, 0.6) is 23.0 Å². The van der Waals surface area contributed by atoms with E-state index in [9.17, 15) is 18.6 Å². The number of rotatable bonds is 6. The Morgan fingerprint density at radius 1 is 1.13 bits per heavy atom. The van der Waals surface area contributed by atoms with E-state index in [1.165, 1.54) is 27.2 Å². The zero-order valence-corrected chi connectivity index (χ0v) is 13.6. The molecule has 8 nitrogen and oxygen atoms in total. The number of anilines is 1. The van der Waals surface area contributed by atoms with Crippen molar-refractivity contribution < 1.29 is 32.5 Å². The normalized spacial score (nSPS) is 11.3. The molecule has 0 fully saturated rings. The zero-order chi connectivity index (χ0) is 17.2. The second-order valence-electron chi connectivity index (χ2n) is 4.53. The van der Waals surface area contributed by atoms with Crippen molar-refractivity contribution in [2.75, 3.05) is 24.7 Å². The fourth-order valence-electron chi connectivity index (χ4n) is 1.87. The van der Waals surface area contributed by atoms with Crippen molar-refractivity contribution in [1.29, 1.82) is 0 Å². The number of hydrogen-bond donors (Lipinski definition) is 3. The molecule has 1 aromatic heterocycles. The maximum atomic E-state index is 11.6. The highest BCUT2D eigenvalue weighted by Crippen LogP contribution is 2.46. The Labute approximate surface area is 133 Å². The predicted molar refractivity (Wildman–Crippen MR) is 83.7 cm³/mol. The van der Waals surface area contributed by atoms with E-state index < -0.39 is 27.4 Å². The monoisotopic (exact) mass is 343 g/mol. The van der Waals surface area contributed by atoms with Gasteiger partial charge in [-0.05, 0) is 25.1 Å². The molecule has 0 unspecified atom stereocenters. The van der Waals surface area contributed by atoms with Crippen LogP contribution in [0.3, 0.4) is 0 Å². The number of nitrogens with one attached hydrogen (secondary N) is 1. The first-order chi connectivity index (χ1) is 10.8. The molecule has 0 bridgehead atoms. The molecular formula is C14H17NO7S. The molecule has 126 valence electrons. The van der Waals surface area contributed by atoms with Gasteiger partial charge < -0.3 is 24.1 Å². The molecule has 0 aliphatic rings. The summed E-state index contributed by atoms with van der Waals surface area (Å²) in [5.74, 6) is -1.17. The largest absolute Gasteiger partial charge is 0.502 e. The number of benzene rings is 1. The van der Waals surface area contributed by atoms with E-state index in [1.807, 2.05) is 0 Å². The maximum Gasteiger partial charge on any atom is 0.253 e. The molecule has 0 saturated carbocycles. The van der Waals surface area contributed by atoms with Crippen molar-refractivity contribution >= 4 is 15.9 Å². The predicted octanol–water partition coefficient (Wildman–Crippen LogP) is 2.14. The average molecular weight is 343 g/mol. The van der Waals surface area contributed by atoms with Gasteiger partial charge >= 0.3 is 0 Å². The molecule has 0 saturated heterocycles. The van der Waals surface area contributed by atoms with Gasteiger partial charge in [-0.3, -0.25) is 0 Å². The van der Waals surface area contributed by atoms with Crippen LogP contribution in [0.4, 0.5) is 5.88 Å². The molecule has 0 atom stereocenters. The Morgan fingerprint density at radius 3 is 2.35 bits per heavy atom. The first kappa shape index (κ1) is 16.8. The van der Waals surface area contributed by atoms with Gasteiger partial charge in [-0.2, -0.15) is 0 Å². The van der Waals surface area contributed by atoms with Crippen LogP contribution in [-0.2, 0) is 10.0 Å². The second kappa shape index (κ2) is 6.29. The summed E-state index contributed by atoms with van der Waals surface area (Å²) >= 11 is 0. The number of furan rings is 1. The molecule has 23 heavy (non-hydrogen) atoms.